The van der Waals surface area contributed by atoms with E-state index in [1.165, 1.54) is 4.57 Å². The van der Waals surface area contributed by atoms with E-state index in [0.29, 0.717) is 29.4 Å². The summed E-state index contributed by atoms with van der Waals surface area (Å²) in [5, 5.41) is 11.4. The predicted octanol–water partition coefficient (Wildman–Crippen LogP) is 4.33. The summed E-state index contributed by atoms with van der Waals surface area (Å²) in [6.45, 7) is 10.7. The van der Waals surface area contributed by atoms with Crippen LogP contribution in [0.25, 0.3) is 21.9 Å². The van der Waals surface area contributed by atoms with E-state index in [1.807, 2.05) is 56.3 Å². The van der Waals surface area contributed by atoms with Gasteiger partial charge in [0.2, 0.25) is 0 Å². The van der Waals surface area contributed by atoms with Crippen molar-refractivity contribution in [3.63, 3.8) is 0 Å². The van der Waals surface area contributed by atoms with Crippen molar-refractivity contribution in [1.29, 1.82) is 0 Å². The monoisotopic (exact) mass is 392 g/mol. The van der Waals surface area contributed by atoms with Crippen LogP contribution in [0.4, 0.5) is 0 Å². The van der Waals surface area contributed by atoms with Crippen molar-refractivity contribution in [3.05, 3.63) is 69.6 Å². The normalized spacial score (nSPS) is 11.3. The summed E-state index contributed by atoms with van der Waals surface area (Å²) in [4.78, 5) is 27.9. The molecule has 5 nitrogen and oxygen atoms in total. The van der Waals surface area contributed by atoms with E-state index in [9.17, 15) is 14.7 Å². The summed E-state index contributed by atoms with van der Waals surface area (Å²) in [6, 6.07) is 13.3. The molecule has 0 spiro atoms. The van der Waals surface area contributed by atoms with Crippen LogP contribution in [0.2, 0.25) is 0 Å². The van der Waals surface area contributed by atoms with Crippen LogP contribution in [0, 0.1) is 13.8 Å². The third-order valence-corrected chi connectivity index (χ3v) is 5.68. The molecule has 29 heavy (non-hydrogen) atoms. The molecule has 152 valence electrons. The molecule has 5 heteroatoms. The second-order valence-electron chi connectivity index (χ2n) is 7.36. The van der Waals surface area contributed by atoms with Gasteiger partial charge in [0.1, 0.15) is 5.69 Å². The first-order chi connectivity index (χ1) is 13.9. The average Bonchev–Trinajstić information content (AvgIpc) is 2.71. The molecule has 0 saturated carbocycles. The number of pyridine rings is 1. The Hall–Kier alpha value is -2.92. The molecule has 0 aliphatic heterocycles. The Balaban J connectivity index is 2.39. The molecule has 1 heterocycles. The summed E-state index contributed by atoms with van der Waals surface area (Å²) in [5.74, 6) is -1.08. The highest BCUT2D eigenvalue weighted by atomic mass is 16.4. The van der Waals surface area contributed by atoms with E-state index in [2.05, 4.69) is 18.7 Å². The van der Waals surface area contributed by atoms with Gasteiger partial charge in [-0.05, 0) is 55.1 Å². The third kappa shape index (κ3) is 3.96. The van der Waals surface area contributed by atoms with Gasteiger partial charge in [0, 0.05) is 24.0 Å². The number of aryl methyl sites for hydroxylation is 2. The Labute approximate surface area is 171 Å². The molecule has 0 amide bonds. The van der Waals surface area contributed by atoms with Crippen molar-refractivity contribution in [2.24, 2.45) is 0 Å². The van der Waals surface area contributed by atoms with Crippen molar-refractivity contribution in [2.45, 2.75) is 34.2 Å². The van der Waals surface area contributed by atoms with Crippen LogP contribution in [-0.4, -0.2) is 40.2 Å². The number of aromatic nitrogens is 1. The van der Waals surface area contributed by atoms with Gasteiger partial charge in [-0.15, -0.1) is 0 Å². The summed E-state index contributed by atoms with van der Waals surface area (Å²) < 4.78 is 1.44. The van der Waals surface area contributed by atoms with Crippen LogP contribution in [0.15, 0.2) is 47.3 Å². The Kier molecular flexibility index (Phi) is 6.18. The molecule has 0 bridgehead atoms. The number of aromatic carboxylic acids is 1. The van der Waals surface area contributed by atoms with Crippen LogP contribution in [0.5, 0.6) is 0 Å². The Morgan fingerprint density at radius 3 is 2.14 bits per heavy atom. The van der Waals surface area contributed by atoms with Gasteiger partial charge >= 0.3 is 5.97 Å². The van der Waals surface area contributed by atoms with Gasteiger partial charge in [0.25, 0.3) is 5.56 Å². The van der Waals surface area contributed by atoms with E-state index < -0.39 is 5.97 Å². The van der Waals surface area contributed by atoms with Gasteiger partial charge < -0.3 is 14.6 Å². The minimum Gasteiger partial charge on any atom is -0.477 e. The second kappa shape index (κ2) is 8.62. The van der Waals surface area contributed by atoms with Gasteiger partial charge in [0.05, 0.1) is 0 Å². The maximum Gasteiger partial charge on any atom is 0.353 e. The van der Waals surface area contributed by atoms with Gasteiger partial charge in [-0.1, -0.05) is 50.2 Å². The number of hydrogen-bond acceptors (Lipinski definition) is 3. The lowest BCUT2D eigenvalue weighted by atomic mass is 9.94. The molecule has 1 aromatic heterocycles. The smallest absolute Gasteiger partial charge is 0.353 e. The second-order valence-corrected chi connectivity index (χ2v) is 7.36. The fraction of sp³-hybridized carbons (Fsp3) is 0.333. The van der Waals surface area contributed by atoms with Crippen LogP contribution in [0.3, 0.4) is 0 Å². The number of carboxylic acids is 1. The zero-order chi connectivity index (χ0) is 21.1. The molecule has 2 aromatic carbocycles. The summed E-state index contributed by atoms with van der Waals surface area (Å²) >= 11 is 0. The lowest BCUT2D eigenvalue weighted by Crippen LogP contribution is -2.34. The highest BCUT2D eigenvalue weighted by Crippen LogP contribution is 2.32. The zero-order valence-electron chi connectivity index (χ0n) is 17.5. The molecule has 0 atom stereocenters. The predicted molar refractivity (Wildman–Crippen MR) is 118 cm³/mol. The van der Waals surface area contributed by atoms with Crippen LogP contribution in [-0.2, 0) is 6.54 Å². The SMILES string of the molecule is CCN(CC)CCn1c(C(=O)O)c(-c2ccccc2)c2cc(C)c(C)cc2c1=O. The number of hydrogen-bond donors (Lipinski definition) is 1. The number of benzene rings is 2. The minimum atomic E-state index is -1.08. The number of likely N-dealkylation sites (N-methyl/N-ethyl adjacent to an activating group) is 1. The zero-order valence-corrected chi connectivity index (χ0v) is 17.5. The minimum absolute atomic E-state index is 0.0594. The maximum atomic E-state index is 13.4. The van der Waals surface area contributed by atoms with Crippen molar-refractivity contribution in [2.75, 3.05) is 19.6 Å². The van der Waals surface area contributed by atoms with E-state index in [-0.39, 0.29) is 11.3 Å². The quantitative estimate of drug-likeness (QED) is 0.650. The molecular formula is C24H28N2O3. The molecule has 0 fully saturated rings. The Bertz CT molecular complexity index is 1100. The van der Waals surface area contributed by atoms with E-state index >= 15 is 0 Å². The number of carbonyl (C=O) groups is 1. The van der Waals surface area contributed by atoms with Crippen LogP contribution in [0.1, 0.15) is 35.5 Å². The van der Waals surface area contributed by atoms with E-state index in [0.717, 1.165) is 29.8 Å². The highest BCUT2D eigenvalue weighted by molar-refractivity contribution is 6.06. The maximum absolute atomic E-state index is 13.4. The molecular weight excluding hydrogens is 364 g/mol. The van der Waals surface area contributed by atoms with Gasteiger partial charge in [-0.25, -0.2) is 4.79 Å². The number of carboxylic acid groups (broad SMARTS) is 1. The number of rotatable bonds is 7. The molecule has 0 radical (unpaired) electrons. The molecule has 3 rings (SSSR count). The van der Waals surface area contributed by atoms with Gasteiger partial charge in [-0.3, -0.25) is 4.79 Å². The summed E-state index contributed by atoms with van der Waals surface area (Å²) in [6.07, 6.45) is 0. The molecule has 3 aromatic rings. The standard InChI is InChI=1S/C24H28N2O3/c1-5-25(6-2)12-13-26-22(24(28)29)21(18-10-8-7-9-11-18)19-14-16(3)17(4)15-20(19)23(26)27/h7-11,14-15H,5-6,12-13H2,1-4H3,(H,28,29). The first-order valence-electron chi connectivity index (χ1n) is 10.1. The lowest BCUT2D eigenvalue weighted by molar-refractivity contribution is 0.0683. The largest absolute Gasteiger partial charge is 0.477 e. The molecule has 0 aliphatic carbocycles. The molecule has 0 saturated heterocycles. The Morgan fingerprint density at radius 1 is 1.00 bits per heavy atom. The summed E-state index contributed by atoms with van der Waals surface area (Å²) in [7, 11) is 0. The van der Waals surface area contributed by atoms with Crippen molar-refractivity contribution in [3.8, 4) is 11.1 Å². The molecule has 0 unspecified atom stereocenters. The fourth-order valence-electron chi connectivity index (χ4n) is 3.82. The van der Waals surface area contributed by atoms with Crippen LogP contribution < -0.4 is 5.56 Å². The first kappa shape index (κ1) is 20.8. The van der Waals surface area contributed by atoms with Crippen molar-refractivity contribution >= 4 is 16.7 Å². The number of fused-ring (bicyclic) bond motifs is 1. The third-order valence-electron chi connectivity index (χ3n) is 5.68. The highest BCUT2D eigenvalue weighted by Gasteiger charge is 2.23. The van der Waals surface area contributed by atoms with Gasteiger partial charge in [-0.2, -0.15) is 0 Å². The van der Waals surface area contributed by atoms with Gasteiger partial charge in [0.15, 0.2) is 0 Å². The van der Waals surface area contributed by atoms with E-state index in [1.54, 1.807) is 0 Å². The lowest BCUT2D eigenvalue weighted by Gasteiger charge is -2.22. The number of nitrogens with zero attached hydrogens (tertiary/aromatic N) is 2. The molecule has 0 aliphatic rings. The Morgan fingerprint density at radius 2 is 1.59 bits per heavy atom. The molecule has 1 N–H and O–H groups in total. The average molecular weight is 392 g/mol. The first-order valence-corrected chi connectivity index (χ1v) is 10.1. The summed E-state index contributed by atoms with van der Waals surface area (Å²) in [5.41, 5.74) is 3.28. The van der Waals surface area contributed by atoms with E-state index in [4.69, 9.17) is 0 Å². The topological polar surface area (TPSA) is 62.5 Å². The van der Waals surface area contributed by atoms with Crippen LogP contribution >= 0.6 is 0 Å². The fourth-order valence-corrected chi connectivity index (χ4v) is 3.82. The van der Waals surface area contributed by atoms with Crippen molar-refractivity contribution < 1.29 is 9.90 Å². The van der Waals surface area contributed by atoms with Crippen molar-refractivity contribution in [1.82, 2.24) is 9.47 Å².